The molecule has 1 amide bonds. The van der Waals surface area contributed by atoms with Gasteiger partial charge in [0, 0.05) is 25.8 Å². The van der Waals surface area contributed by atoms with Crippen molar-refractivity contribution in [3.8, 4) is 0 Å². The Balaban J connectivity index is 2.47. The zero-order chi connectivity index (χ0) is 15.3. The normalized spacial score (nSPS) is 20.4. The van der Waals surface area contributed by atoms with Crippen molar-refractivity contribution in [2.75, 3.05) is 32.1 Å². The van der Waals surface area contributed by atoms with Gasteiger partial charge in [-0.05, 0) is 44.7 Å². The molecule has 0 aliphatic carbocycles. The van der Waals surface area contributed by atoms with Gasteiger partial charge in [0.05, 0.1) is 5.75 Å². The molecular weight excluding hydrogens is 276 g/mol. The summed E-state index contributed by atoms with van der Waals surface area (Å²) < 4.78 is 22.6. The van der Waals surface area contributed by atoms with Crippen LogP contribution in [0.15, 0.2) is 0 Å². The molecule has 1 heterocycles. The van der Waals surface area contributed by atoms with E-state index in [1.54, 1.807) is 18.9 Å². The van der Waals surface area contributed by atoms with E-state index < -0.39 is 9.84 Å². The van der Waals surface area contributed by atoms with Crippen molar-refractivity contribution in [2.45, 2.75) is 39.2 Å². The lowest BCUT2D eigenvalue weighted by Crippen LogP contribution is -2.40. The summed E-state index contributed by atoms with van der Waals surface area (Å²) in [6.45, 7) is 5.98. The first-order valence-corrected chi connectivity index (χ1v) is 9.41. The fraction of sp³-hybridized carbons (Fsp3) is 0.929. The van der Waals surface area contributed by atoms with E-state index in [1.807, 2.05) is 0 Å². The van der Waals surface area contributed by atoms with Gasteiger partial charge in [-0.2, -0.15) is 0 Å². The number of sulfone groups is 1. The third-order valence-electron chi connectivity index (χ3n) is 4.28. The van der Waals surface area contributed by atoms with Gasteiger partial charge in [0.25, 0.3) is 0 Å². The summed E-state index contributed by atoms with van der Waals surface area (Å²) in [7, 11) is -1.35. The molecule has 1 fully saturated rings. The molecule has 1 N–H and O–H groups in total. The Labute approximate surface area is 123 Å². The molecule has 118 valence electrons. The quantitative estimate of drug-likeness (QED) is 0.792. The number of rotatable bonds is 6. The highest BCUT2D eigenvalue weighted by Crippen LogP contribution is 2.25. The lowest BCUT2D eigenvalue weighted by molar-refractivity contribution is -0.132. The summed E-state index contributed by atoms with van der Waals surface area (Å²) in [5.74, 6) is 1.03. The van der Waals surface area contributed by atoms with Gasteiger partial charge in [-0.15, -0.1) is 0 Å². The summed E-state index contributed by atoms with van der Waals surface area (Å²) >= 11 is 0. The number of hydrogen-bond acceptors (Lipinski definition) is 4. The van der Waals surface area contributed by atoms with E-state index in [9.17, 15) is 13.2 Å². The first-order chi connectivity index (χ1) is 9.20. The first-order valence-electron chi connectivity index (χ1n) is 7.35. The highest BCUT2D eigenvalue weighted by atomic mass is 32.2. The first kappa shape index (κ1) is 17.4. The Kier molecular flexibility index (Phi) is 6.45. The van der Waals surface area contributed by atoms with Crippen LogP contribution in [0.3, 0.4) is 0 Å². The molecule has 2 unspecified atom stereocenters. The van der Waals surface area contributed by atoms with Crippen LogP contribution in [0.2, 0.25) is 0 Å². The predicted molar refractivity (Wildman–Crippen MR) is 81.3 cm³/mol. The summed E-state index contributed by atoms with van der Waals surface area (Å²) in [5.41, 5.74) is 0. The van der Waals surface area contributed by atoms with Crippen LogP contribution < -0.4 is 5.32 Å². The third kappa shape index (κ3) is 5.79. The van der Waals surface area contributed by atoms with Crippen molar-refractivity contribution in [3.63, 3.8) is 0 Å². The summed E-state index contributed by atoms with van der Waals surface area (Å²) in [6, 6.07) is -0.266. The van der Waals surface area contributed by atoms with Crippen LogP contribution in [-0.2, 0) is 14.6 Å². The number of hydrogen-bond donors (Lipinski definition) is 1. The monoisotopic (exact) mass is 304 g/mol. The number of amides is 1. The molecule has 1 aliphatic rings. The second kappa shape index (κ2) is 7.41. The van der Waals surface area contributed by atoms with Crippen molar-refractivity contribution in [1.29, 1.82) is 0 Å². The number of nitrogens with one attached hydrogen (secondary N) is 1. The highest BCUT2D eigenvalue weighted by molar-refractivity contribution is 7.90. The van der Waals surface area contributed by atoms with E-state index in [0.717, 1.165) is 25.9 Å². The smallest absolute Gasteiger partial charge is 0.222 e. The van der Waals surface area contributed by atoms with Crippen molar-refractivity contribution in [3.05, 3.63) is 0 Å². The van der Waals surface area contributed by atoms with Gasteiger partial charge in [0.1, 0.15) is 9.84 Å². The van der Waals surface area contributed by atoms with E-state index >= 15 is 0 Å². The van der Waals surface area contributed by atoms with Crippen LogP contribution in [0.4, 0.5) is 0 Å². The predicted octanol–water partition coefficient (Wildman–Crippen LogP) is 0.904. The van der Waals surface area contributed by atoms with E-state index in [-0.39, 0.29) is 17.7 Å². The van der Waals surface area contributed by atoms with Gasteiger partial charge in [0.15, 0.2) is 0 Å². The minimum Gasteiger partial charge on any atom is -0.342 e. The number of nitrogens with zero attached hydrogens (tertiary/aromatic N) is 1. The minimum atomic E-state index is -3.05. The molecule has 20 heavy (non-hydrogen) atoms. The SMILES string of the molecule is CC(CC(=O)N(C)C(C)CS(C)(=O)=O)C1CCNCC1. The Bertz CT molecular complexity index is 416. The molecular formula is C14H28N2O3S. The zero-order valence-electron chi connectivity index (χ0n) is 13.1. The van der Waals surface area contributed by atoms with Gasteiger partial charge < -0.3 is 10.2 Å². The van der Waals surface area contributed by atoms with E-state index in [0.29, 0.717) is 18.3 Å². The average molecular weight is 304 g/mol. The summed E-state index contributed by atoms with van der Waals surface area (Å²) in [6.07, 6.45) is 3.96. The molecule has 0 bridgehead atoms. The maximum absolute atomic E-state index is 12.2. The van der Waals surface area contributed by atoms with Crippen molar-refractivity contribution in [1.82, 2.24) is 10.2 Å². The Morgan fingerprint density at radius 2 is 1.85 bits per heavy atom. The summed E-state index contributed by atoms with van der Waals surface area (Å²) in [5, 5.41) is 3.33. The lowest BCUT2D eigenvalue weighted by Gasteiger charge is -2.30. The van der Waals surface area contributed by atoms with Crippen molar-refractivity contribution >= 4 is 15.7 Å². The Morgan fingerprint density at radius 3 is 2.35 bits per heavy atom. The van der Waals surface area contributed by atoms with Crippen LogP contribution in [0.1, 0.15) is 33.1 Å². The molecule has 5 nitrogen and oxygen atoms in total. The maximum Gasteiger partial charge on any atom is 0.222 e. The lowest BCUT2D eigenvalue weighted by atomic mass is 9.84. The van der Waals surface area contributed by atoms with Crippen molar-refractivity contribution < 1.29 is 13.2 Å². The minimum absolute atomic E-state index is 0.0248. The van der Waals surface area contributed by atoms with Gasteiger partial charge in [-0.3, -0.25) is 4.79 Å². The largest absolute Gasteiger partial charge is 0.342 e. The van der Waals surface area contributed by atoms with Gasteiger partial charge in [0.2, 0.25) is 5.91 Å². The number of carbonyl (C=O) groups is 1. The fourth-order valence-corrected chi connectivity index (χ4v) is 3.90. The Hall–Kier alpha value is -0.620. The van der Waals surface area contributed by atoms with E-state index in [4.69, 9.17) is 0 Å². The zero-order valence-corrected chi connectivity index (χ0v) is 13.9. The van der Waals surface area contributed by atoms with E-state index in [1.165, 1.54) is 6.26 Å². The summed E-state index contributed by atoms with van der Waals surface area (Å²) in [4.78, 5) is 13.8. The maximum atomic E-state index is 12.2. The number of piperidine rings is 1. The number of carbonyl (C=O) groups excluding carboxylic acids is 1. The molecule has 6 heteroatoms. The third-order valence-corrected chi connectivity index (χ3v) is 5.37. The second-order valence-electron chi connectivity index (χ2n) is 6.21. The van der Waals surface area contributed by atoms with Gasteiger partial charge >= 0.3 is 0 Å². The Morgan fingerprint density at radius 1 is 1.30 bits per heavy atom. The molecule has 0 aromatic carbocycles. The van der Waals surface area contributed by atoms with Gasteiger partial charge in [-0.1, -0.05) is 6.92 Å². The van der Waals surface area contributed by atoms with Crippen LogP contribution >= 0.6 is 0 Å². The average Bonchev–Trinajstić information content (AvgIpc) is 2.36. The van der Waals surface area contributed by atoms with Crippen molar-refractivity contribution in [2.24, 2.45) is 11.8 Å². The van der Waals surface area contributed by atoms with E-state index in [2.05, 4.69) is 12.2 Å². The molecule has 2 atom stereocenters. The van der Waals surface area contributed by atoms with Crippen LogP contribution in [0, 0.1) is 11.8 Å². The van der Waals surface area contributed by atoms with Crippen LogP contribution in [0.5, 0.6) is 0 Å². The highest BCUT2D eigenvalue weighted by Gasteiger charge is 2.25. The molecule has 1 saturated heterocycles. The second-order valence-corrected chi connectivity index (χ2v) is 8.40. The van der Waals surface area contributed by atoms with Crippen LogP contribution in [0.25, 0.3) is 0 Å². The van der Waals surface area contributed by atoms with Crippen LogP contribution in [-0.4, -0.2) is 57.4 Å². The molecule has 1 aliphatic heterocycles. The molecule has 0 aromatic rings. The topological polar surface area (TPSA) is 66.5 Å². The molecule has 1 rings (SSSR count). The fourth-order valence-electron chi connectivity index (χ4n) is 2.80. The standard InChI is InChI=1S/C14H28N2O3S/c1-11(13-5-7-15-8-6-13)9-14(17)16(3)12(2)10-20(4,18)19/h11-13,15H,5-10H2,1-4H3. The molecule has 0 aromatic heterocycles. The molecule has 0 saturated carbocycles. The molecule has 0 spiro atoms. The molecule has 0 radical (unpaired) electrons. The van der Waals surface area contributed by atoms with Gasteiger partial charge in [-0.25, -0.2) is 8.42 Å².